The fourth-order valence-corrected chi connectivity index (χ4v) is 3.77. The van der Waals surface area contributed by atoms with Gasteiger partial charge in [-0.15, -0.1) is 0 Å². The predicted molar refractivity (Wildman–Crippen MR) is 127 cm³/mol. The zero-order chi connectivity index (χ0) is 22.5. The van der Waals surface area contributed by atoms with Gasteiger partial charge in [0.05, 0.1) is 6.54 Å². The molecule has 0 saturated carbocycles. The van der Waals surface area contributed by atoms with Crippen molar-refractivity contribution in [3.05, 3.63) is 118 Å². The van der Waals surface area contributed by atoms with Gasteiger partial charge < -0.3 is 9.47 Å². The summed E-state index contributed by atoms with van der Waals surface area (Å²) in [5, 5.41) is 0.603. The minimum absolute atomic E-state index is 0.0697. The van der Waals surface area contributed by atoms with E-state index in [4.69, 9.17) is 11.6 Å². The summed E-state index contributed by atoms with van der Waals surface area (Å²) in [6.07, 6.45) is 7.23. The maximum atomic E-state index is 13.4. The first-order chi connectivity index (χ1) is 15.5. The first-order valence-electron chi connectivity index (χ1n) is 10.5. The number of aromatic nitrogens is 3. The second kappa shape index (κ2) is 9.79. The number of imidazole rings is 1. The molecule has 2 heterocycles. The van der Waals surface area contributed by atoms with Crippen LogP contribution in [-0.2, 0) is 19.6 Å². The van der Waals surface area contributed by atoms with Crippen molar-refractivity contribution >= 4 is 17.5 Å². The van der Waals surface area contributed by atoms with Crippen LogP contribution < -0.4 is 0 Å². The van der Waals surface area contributed by atoms with Crippen LogP contribution in [0.5, 0.6) is 0 Å². The number of benzene rings is 2. The number of carbonyl (C=O) groups is 1. The third-order valence-electron chi connectivity index (χ3n) is 5.48. The van der Waals surface area contributed by atoms with Crippen molar-refractivity contribution in [3.8, 4) is 0 Å². The highest BCUT2D eigenvalue weighted by atomic mass is 35.5. The van der Waals surface area contributed by atoms with Crippen LogP contribution in [0.4, 0.5) is 0 Å². The van der Waals surface area contributed by atoms with Crippen molar-refractivity contribution < 1.29 is 4.79 Å². The van der Waals surface area contributed by atoms with Gasteiger partial charge in [-0.25, -0.2) is 4.98 Å². The second-order valence-electron chi connectivity index (χ2n) is 7.92. The zero-order valence-electron chi connectivity index (χ0n) is 18.2. The number of pyridine rings is 1. The van der Waals surface area contributed by atoms with Crippen LogP contribution in [0.25, 0.3) is 0 Å². The highest BCUT2D eigenvalue weighted by Gasteiger charge is 2.19. The minimum Gasteiger partial charge on any atom is -0.329 e. The van der Waals surface area contributed by atoms with Gasteiger partial charge in [-0.2, -0.15) is 0 Å². The molecule has 6 heteroatoms. The van der Waals surface area contributed by atoms with E-state index >= 15 is 0 Å². The molecule has 0 fully saturated rings. The number of nitrogens with zero attached hydrogens (tertiary/aromatic N) is 4. The maximum absolute atomic E-state index is 13.4. The first kappa shape index (κ1) is 21.8. The normalized spacial score (nSPS) is 10.8. The second-order valence-corrected chi connectivity index (χ2v) is 8.36. The standard InChI is InChI=1S/C26H25ClN4O/c1-19-3-4-20(2)23(15-19)17-30-14-13-29-25(30)18-31(16-21-9-11-28-12-10-21)26(32)22-5-7-24(27)8-6-22/h3-15H,16-18H2,1-2H3. The third kappa shape index (κ3) is 5.24. The molecule has 32 heavy (non-hydrogen) atoms. The summed E-state index contributed by atoms with van der Waals surface area (Å²) >= 11 is 6.02. The minimum atomic E-state index is -0.0697. The number of carbonyl (C=O) groups excluding carboxylic acids is 1. The van der Waals surface area contributed by atoms with E-state index in [1.54, 1.807) is 47.8 Å². The van der Waals surface area contributed by atoms with Crippen LogP contribution in [0, 0.1) is 13.8 Å². The fourth-order valence-electron chi connectivity index (χ4n) is 3.64. The molecular weight excluding hydrogens is 420 g/mol. The van der Waals surface area contributed by atoms with E-state index in [0.29, 0.717) is 30.2 Å². The summed E-state index contributed by atoms with van der Waals surface area (Å²) in [4.78, 5) is 23.8. The Hall–Kier alpha value is -3.44. The molecule has 0 N–H and O–H groups in total. The van der Waals surface area contributed by atoms with Gasteiger partial charge >= 0.3 is 0 Å². The Balaban J connectivity index is 1.61. The van der Waals surface area contributed by atoms with Gasteiger partial charge in [-0.3, -0.25) is 9.78 Å². The highest BCUT2D eigenvalue weighted by molar-refractivity contribution is 6.30. The van der Waals surface area contributed by atoms with Crippen LogP contribution in [-0.4, -0.2) is 25.3 Å². The molecule has 4 aromatic rings. The summed E-state index contributed by atoms with van der Waals surface area (Å²) in [6.45, 7) is 5.77. The molecule has 2 aromatic carbocycles. The molecule has 2 aromatic heterocycles. The molecule has 0 unspecified atom stereocenters. The number of aryl methyl sites for hydroxylation is 2. The van der Waals surface area contributed by atoms with E-state index in [-0.39, 0.29) is 5.91 Å². The summed E-state index contributed by atoms with van der Waals surface area (Å²) in [6, 6.07) is 17.3. The SMILES string of the molecule is Cc1ccc(C)c(Cn2ccnc2CN(Cc2ccncc2)C(=O)c2ccc(Cl)cc2)c1. The zero-order valence-corrected chi connectivity index (χ0v) is 19.0. The molecular formula is C26H25ClN4O. The Morgan fingerprint density at radius 1 is 0.969 bits per heavy atom. The van der Waals surface area contributed by atoms with Crippen molar-refractivity contribution in [3.63, 3.8) is 0 Å². The highest BCUT2D eigenvalue weighted by Crippen LogP contribution is 2.18. The average Bonchev–Trinajstić information content (AvgIpc) is 3.23. The van der Waals surface area contributed by atoms with Crippen molar-refractivity contribution in [2.45, 2.75) is 33.5 Å². The molecule has 0 atom stereocenters. The summed E-state index contributed by atoms with van der Waals surface area (Å²) in [7, 11) is 0. The van der Waals surface area contributed by atoms with Gasteiger partial charge in [0.25, 0.3) is 5.91 Å². The van der Waals surface area contributed by atoms with E-state index in [1.807, 2.05) is 18.3 Å². The predicted octanol–water partition coefficient (Wildman–Crippen LogP) is 5.44. The number of rotatable bonds is 7. The van der Waals surface area contributed by atoms with E-state index in [0.717, 1.165) is 11.4 Å². The Labute approximate surface area is 193 Å². The van der Waals surface area contributed by atoms with Crippen LogP contribution in [0.3, 0.4) is 0 Å². The third-order valence-corrected chi connectivity index (χ3v) is 5.73. The Bertz CT molecular complexity index is 1200. The molecule has 0 aliphatic rings. The fraction of sp³-hybridized carbons (Fsp3) is 0.192. The molecule has 4 rings (SSSR count). The van der Waals surface area contributed by atoms with Gasteiger partial charge in [0.15, 0.2) is 0 Å². The van der Waals surface area contributed by atoms with E-state index < -0.39 is 0 Å². The molecule has 0 aliphatic carbocycles. The number of amides is 1. The van der Waals surface area contributed by atoms with E-state index in [9.17, 15) is 4.79 Å². The lowest BCUT2D eigenvalue weighted by atomic mass is 10.1. The van der Waals surface area contributed by atoms with Gasteiger partial charge in [-0.05, 0) is 66.9 Å². The lowest BCUT2D eigenvalue weighted by Crippen LogP contribution is -2.31. The average molecular weight is 445 g/mol. The Morgan fingerprint density at radius 2 is 1.72 bits per heavy atom. The lowest BCUT2D eigenvalue weighted by Gasteiger charge is -2.23. The largest absolute Gasteiger partial charge is 0.329 e. The Morgan fingerprint density at radius 3 is 2.47 bits per heavy atom. The van der Waals surface area contributed by atoms with Crippen LogP contribution >= 0.6 is 11.6 Å². The van der Waals surface area contributed by atoms with Crippen molar-refractivity contribution in [2.75, 3.05) is 0 Å². The van der Waals surface area contributed by atoms with Crippen LogP contribution in [0.15, 0.2) is 79.4 Å². The maximum Gasteiger partial charge on any atom is 0.254 e. The quantitative estimate of drug-likeness (QED) is 0.381. The molecule has 0 radical (unpaired) electrons. The van der Waals surface area contributed by atoms with E-state index in [2.05, 4.69) is 46.6 Å². The van der Waals surface area contributed by atoms with Gasteiger partial charge in [-0.1, -0.05) is 35.4 Å². The molecule has 0 spiro atoms. The molecule has 1 amide bonds. The molecule has 5 nitrogen and oxygen atoms in total. The summed E-state index contributed by atoms with van der Waals surface area (Å²) < 4.78 is 2.11. The Kier molecular flexibility index (Phi) is 6.66. The molecule has 0 aliphatic heterocycles. The monoisotopic (exact) mass is 444 g/mol. The molecule has 0 bridgehead atoms. The van der Waals surface area contributed by atoms with Gasteiger partial charge in [0.2, 0.25) is 0 Å². The smallest absolute Gasteiger partial charge is 0.254 e. The molecule has 162 valence electrons. The summed E-state index contributed by atoms with van der Waals surface area (Å²) in [5.74, 6) is 0.766. The lowest BCUT2D eigenvalue weighted by molar-refractivity contribution is 0.0723. The van der Waals surface area contributed by atoms with Gasteiger partial charge in [0, 0.05) is 48.5 Å². The molecule has 0 saturated heterocycles. The summed E-state index contributed by atoms with van der Waals surface area (Å²) in [5.41, 5.74) is 5.31. The number of hydrogen-bond donors (Lipinski definition) is 0. The van der Waals surface area contributed by atoms with Crippen LogP contribution in [0.1, 0.15) is 38.4 Å². The number of halogens is 1. The van der Waals surface area contributed by atoms with Crippen molar-refractivity contribution in [1.82, 2.24) is 19.4 Å². The van der Waals surface area contributed by atoms with Crippen molar-refractivity contribution in [1.29, 1.82) is 0 Å². The van der Waals surface area contributed by atoms with Gasteiger partial charge in [0.1, 0.15) is 5.82 Å². The first-order valence-corrected chi connectivity index (χ1v) is 10.9. The topological polar surface area (TPSA) is 51.0 Å². The van der Waals surface area contributed by atoms with Crippen LogP contribution in [0.2, 0.25) is 5.02 Å². The number of hydrogen-bond acceptors (Lipinski definition) is 3. The van der Waals surface area contributed by atoms with Crippen molar-refractivity contribution in [2.24, 2.45) is 0 Å². The van der Waals surface area contributed by atoms with E-state index in [1.165, 1.54) is 16.7 Å².